The van der Waals surface area contributed by atoms with Crippen molar-refractivity contribution in [1.82, 2.24) is 19.7 Å². The predicted octanol–water partition coefficient (Wildman–Crippen LogP) is 1.25. The molecule has 1 rings (SSSR count). The molecule has 0 radical (unpaired) electrons. The van der Waals surface area contributed by atoms with Crippen molar-refractivity contribution in [1.29, 1.82) is 0 Å². The van der Waals surface area contributed by atoms with Crippen LogP contribution in [0.3, 0.4) is 0 Å². The highest BCUT2D eigenvalue weighted by atomic mass is 15.4. The minimum Gasteiger partial charge on any atom is -0.329 e. The zero-order valence-corrected chi connectivity index (χ0v) is 11.5. The minimum atomic E-state index is 0.000527. The van der Waals surface area contributed by atoms with E-state index >= 15 is 0 Å². The number of aryl methyl sites for hydroxylation is 1. The molecule has 5 nitrogen and oxygen atoms in total. The van der Waals surface area contributed by atoms with Crippen molar-refractivity contribution >= 4 is 0 Å². The first-order valence-electron chi connectivity index (χ1n) is 6.37. The summed E-state index contributed by atoms with van der Waals surface area (Å²) in [5, 5.41) is 4.20. The van der Waals surface area contributed by atoms with Crippen LogP contribution in [0, 0.1) is 0 Å². The molecule has 0 unspecified atom stereocenters. The van der Waals surface area contributed by atoms with Gasteiger partial charge in [0.2, 0.25) is 0 Å². The van der Waals surface area contributed by atoms with E-state index in [1.54, 1.807) is 6.33 Å². The Kier molecular flexibility index (Phi) is 5.08. The number of hydrogen-bond acceptors (Lipinski definition) is 4. The third kappa shape index (κ3) is 3.51. The first-order chi connectivity index (χ1) is 8.05. The third-order valence-corrected chi connectivity index (χ3v) is 3.18. The fraction of sp³-hybridized carbons (Fsp3) is 0.833. The SMILES string of the molecule is CCCN(Cc1ncnn1CC)C(C)(C)CN. The summed E-state index contributed by atoms with van der Waals surface area (Å²) in [4.78, 5) is 6.70. The van der Waals surface area contributed by atoms with Crippen LogP contribution >= 0.6 is 0 Å². The Morgan fingerprint density at radius 1 is 1.41 bits per heavy atom. The van der Waals surface area contributed by atoms with Crippen molar-refractivity contribution in [3.63, 3.8) is 0 Å². The van der Waals surface area contributed by atoms with Crippen molar-refractivity contribution in [2.45, 2.75) is 52.7 Å². The Balaban J connectivity index is 2.80. The summed E-state index contributed by atoms with van der Waals surface area (Å²) in [6.07, 6.45) is 2.74. The maximum absolute atomic E-state index is 5.85. The zero-order valence-electron chi connectivity index (χ0n) is 11.5. The molecule has 0 aliphatic carbocycles. The maximum Gasteiger partial charge on any atom is 0.141 e. The van der Waals surface area contributed by atoms with Gasteiger partial charge in [0.1, 0.15) is 12.2 Å². The topological polar surface area (TPSA) is 60.0 Å². The van der Waals surface area contributed by atoms with Crippen LogP contribution in [0.15, 0.2) is 6.33 Å². The normalized spacial score (nSPS) is 12.4. The molecule has 17 heavy (non-hydrogen) atoms. The number of nitrogens with zero attached hydrogens (tertiary/aromatic N) is 4. The van der Waals surface area contributed by atoms with E-state index in [2.05, 4.69) is 42.7 Å². The van der Waals surface area contributed by atoms with Crippen molar-refractivity contribution in [2.75, 3.05) is 13.1 Å². The van der Waals surface area contributed by atoms with E-state index in [9.17, 15) is 0 Å². The summed E-state index contributed by atoms with van der Waals surface area (Å²) in [5.74, 6) is 1.02. The van der Waals surface area contributed by atoms with E-state index in [1.165, 1.54) is 0 Å². The van der Waals surface area contributed by atoms with Gasteiger partial charge in [0.15, 0.2) is 0 Å². The largest absolute Gasteiger partial charge is 0.329 e. The van der Waals surface area contributed by atoms with Crippen LogP contribution in [0.2, 0.25) is 0 Å². The summed E-state index contributed by atoms with van der Waals surface area (Å²) >= 11 is 0. The lowest BCUT2D eigenvalue weighted by atomic mass is 10.0. The average molecular weight is 239 g/mol. The van der Waals surface area contributed by atoms with E-state index < -0.39 is 0 Å². The summed E-state index contributed by atoms with van der Waals surface area (Å²) in [5.41, 5.74) is 5.85. The molecular formula is C12H25N5. The van der Waals surface area contributed by atoms with Gasteiger partial charge in [-0.25, -0.2) is 9.67 Å². The quantitative estimate of drug-likeness (QED) is 0.778. The Hall–Kier alpha value is -0.940. The van der Waals surface area contributed by atoms with Gasteiger partial charge in [0.05, 0.1) is 6.54 Å². The van der Waals surface area contributed by atoms with E-state index in [1.807, 2.05) is 4.68 Å². The fourth-order valence-electron chi connectivity index (χ4n) is 1.84. The third-order valence-electron chi connectivity index (χ3n) is 3.18. The predicted molar refractivity (Wildman–Crippen MR) is 69.5 cm³/mol. The van der Waals surface area contributed by atoms with Gasteiger partial charge in [-0.3, -0.25) is 4.90 Å². The van der Waals surface area contributed by atoms with Crippen molar-refractivity contribution in [2.24, 2.45) is 5.73 Å². The molecule has 0 aromatic carbocycles. The fourth-order valence-corrected chi connectivity index (χ4v) is 1.84. The van der Waals surface area contributed by atoms with Gasteiger partial charge in [0, 0.05) is 18.6 Å². The molecule has 2 N–H and O–H groups in total. The molecule has 0 saturated carbocycles. The van der Waals surface area contributed by atoms with Gasteiger partial charge < -0.3 is 5.73 Å². The molecule has 0 bridgehead atoms. The first-order valence-corrected chi connectivity index (χ1v) is 6.37. The molecule has 1 heterocycles. The molecule has 1 aromatic heterocycles. The second-order valence-electron chi connectivity index (χ2n) is 4.93. The highest BCUT2D eigenvalue weighted by Gasteiger charge is 2.25. The van der Waals surface area contributed by atoms with Crippen molar-refractivity contribution in [3.05, 3.63) is 12.2 Å². The van der Waals surface area contributed by atoms with Crippen LogP contribution < -0.4 is 5.73 Å². The van der Waals surface area contributed by atoms with Crippen LogP contribution in [0.5, 0.6) is 0 Å². The smallest absolute Gasteiger partial charge is 0.141 e. The summed E-state index contributed by atoms with van der Waals surface area (Å²) in [7, 11) is 0. The molecule has 0 spiro atoms. The maximum atomic E-state index is 5.85. The summed E-state index contributed by atoms with van der Waals surface area (Å²) < 4.78 is 1.94. The Bertz CT molecular complexity index is 331. The lowest BCUT2D eigenvalue weighted by molar-refractivity contribution is 0.113. The number of aromatic nitrogens is 3. The first kappa shape index (κ1) is 14.1. The zero-order chi connectivity index (χ0) is 12.9. The molecule has 1 aromatic rings. The molecular weight excluding hydrogens is 214 g/mol. The van der Waals surface area contributed by atoms with E-state index in [4.69, 9.17) is 5.73 Å². The number of hydrogen-bond donors (Lipinski definition) is 1. The lowest BCUT2D eigenvalue weighted by Crippen LogP contribution is -2.49. The highest BCUT2D eigenvalue weighted by Crippen LogP contribution is 2.16. The molecule has 5 heteroatoms. The van der Waals surface area contributed by atoms with Crippen LogP contribution in [0.4, 0.5) is 0 Å². The molecule has 0 aliphatic rings. The van der Waals surface area contributed by atoms with Gasteiger partial charge in [-0.2, -0.15) is 5.10 Å². The van der Waals surface area contributed by atoms with E-state index in [0.29, 0.717) is 6.54 Å². The van der Waals surface area contributed by atoms with E-state index in [-0.39, 0.29) is 5.54 Å². The average Bonchev–Trinajstić information content (AvgIpc) is 2.75. The molecule has 0 fully saturated rings. The standard InChI is InChI=1S/C12H25N5/c1-5-7-16(12(3,4)9-13)8-11-14-10-15-17(11)6-2/h10H,5-9,13H2,1-4H3. The summed E-state index contributed by atoms with van der Waals surface area (Å²) in [6, 6.07) is 0. The van der Waals surface area contributed by atoms with Crippen molar-refractivity contribution < 1.29 is 0 Å². The van der Waals surface area contributed by atoms with Crippen LogP contribution in [-0.4, -0.2) is 38.3 Å². The number of nitrogens with two attached hydrogens (primary N) is 1. The Morgan fingerprint density at radius 3 is 2.65 bits per heavy atom. The lowest BCUT2D eigenvalue weighted by Gasteiger charge is -2.37. The van der Waals surface area contributed by atoms with Crippen LogP contribution in [-0.2, 0) is 13.1 Å². The van der Waals surface area contributed by atoms with Gasteiger partial charge in [0.25, 0.3) is 0 Å². The second kappa shape index (κ2) is 6.12. The van der Waals surface area contributed by atoms with Gasteiger partial charge >= 0.3 is 0 Å². The minimum absolute atomic E-state index is 0.000527. The number of rotatable bonds is 7. The van der Waals surface area contributed by atoms with Crippen LogP contribution in [0.1, 0.15) is 39.9 Å². The van der Waals surface area contributed by atoms with E-state index in [0.717, 1.165) is 31.9 Å². The van der Waals surface area contributed by atoms with Crippen molar-refractivity contribution in [3.8, 4) is 0 Å². The van der Waals surface area contributed by atoms with Gasteiger partial charge in [-0.05, 0) is 33.7 Å². The van der Waals surface area contributed by atoms with Gasteiger partial charge in [-0.15, -0.1) is 0 Å². The molecule has 0 aliphatic heterocycles. The Morgan fingerprint density at radius 2 is 2.12 bits per heavy atom. The molecule has 0 atom stereocenters. The Labute approximate surface area is 104 Å². The molecule has 0 amide bonds. The second-order valence-corrected chi connectivity index (χ2v) is 4.93. The molecule has 98 valence electrons. The monoisotopic (exact) mass is 239 g/mol. The molecule has 0 saturated heterocycles. The highest BCUT2D eigenvalue weighted by molar-refractivity contribution is 4.90. The van der Waals surface area contributed by atoms with Gasteiger partial charge in [-0.1, -0.05) is 6.92 Å². The van der Waals surface area contributed by atoms with Crippen LogP contribution in [0.25, 0.3) is 0 Å². The summed E-state index contributed by atoms with van der Waals surface area (Å²) in [6.45, 7) is 12.0.